The highest BCUT2D eigenvalue weighted by molar-refractivity contribution is 7.98. The summed E-state index contributed by atoms with van der Waals surface area (Å²) in [6.07, 6.45) is 3.12. The molecule has 0 atom stereocenters. The summed E-state index contributed by atoms with van der Waals surface area (Å²) in [7, 11) is 1.81. The molecule has 0 aliphatic heterocycles. The molecule has 5 nitrogen and oxygen atoms in total. The fraction of sp³-hybridized carbons (Fsp3) is 0.474. The van der Waals surface area contributed by atoms with Crippen LogP contribution in [0.25, 0.3) is 0 Å². The van der Waals surface area contributed by atoms with Gasteiger partial charge in [-0.2, -0.15) is 5.10 Å². The molecule has 2 aromatic rings. The average Bonchev–Trinajstić information content (AvgIpc) is 2.92. The molecule has 0 amide bonds. The van der Waals surface area contributed by atoms with E-state index < -0.39 is 0 Å². The van der Waals surface area contributed by atoms with Gasteiger partial charge in [0.05, 0.1) is 5.69 Å². The third kappa shape index (κ3) is 5.81. The van der Waals surface area contributed by atoms with Crippen molar-refractivity contribution >= 4 is 17.7 Å². The quantitative estimate of drug-likeness (QED) is 0.345. The molecule has 0 bridgehead atoms. The van der Waals surface area contributed by atoms with E-state index in [9.17, 15) is 0 Å². The highest BCUT2D eigenvalue weighted by Gasteiger charge is 2.04. The minimum absolute atomic E-state index is 0.771. The number of aryl methyl sites for hydroxylation is 4. The van der Waals surface area contributed by atoms with Crippen molar-refractivity contribution in [2.75, 3.05) is 19.8 Å². The van der Waals surface area contributed by atoms with E-state index in [1.165, 1.54) is 21.7 Å². The monoisotopic (exact) mass is 359 g/mol. The molecule has 1 aromatic carbocycles. The van der Waals surface area contributed by atoms with E-state index in [4.69, 9.17) is 0 Å². The van der Waals surface area contributed by atoms with E-state index >= 15 is 0 Å². The second-order valence-electron chi connectivity index (χ2n) is 6.17. The number of nitrogens with one attached hydrogen (secondary N) is 2. The van der Waals surface area contributed by atoms with Gasteiger partial charge in [0, 0.05) is 37.3 Å². The number of hydrogen-bond donors (Lipinski definition) is 2. The smallest absolute Gasteiger partial charge is 0.191 e. The Kier molecular flexibility index (Phi) is 7.37. The predicted octanol–water partition coefficient (Wildman–Crippen LogP) is 3.29. The Balaban J connectivity index is 1.78. The second kappa shape index (κ2) is 9.51. The first-order valence-corrected chi connectivity index (χ1v) is 9.85. The van der Waals surface area contributed by atoms with E-state index in [1.54, 1.807) is 18.8 Å². The first-order chi connectivity index (χ1) is 12.0. The van der Waals surface area contributed by atoms with Crippen LogP contribution in [0.3, 0.4) is 0 Å². The third-order valence-corrected chi connectivity index (χ3v) is 4.87. The minimum Gasteiger partial charge on any atom is -0.356 e. The first-order valence-electron chi connectivity index (χ1n) is 8.62. The highest BCUT2D eigenvalue weighted by atomic mass is 32.2. The summed E-state index contributed by atoms with van der Waals surface area (Å²) in [6, 6.07) is 8.68. The van der Waals surface area contributed by atoms with Crippen LogP contribution in [0, 0.1) is 20.8 Å². The Morgan fingerprint density at radius 3 is 2.64 bits per heavy atom. The molecule has 6 heteroatoms. The predicted molar refractivity (Wildman–Crippen MR) is 107 cm³/mol. The van der Waals surface area contributed by atoms with Gasteiger partial charge in [-0.1, -0.05) is 12.1 Å². The molecule has 2 rings (SSSR count). The van der Waals surface area contributed by atoms with Crippen molar-refractivity contribution in [3.8, 4) is 0 Å². The molecule has 0 aliphatic rings. The van der Waals surface area contributed by atoms with Crippen molar-refractivity contribution in [2.24, 2.45) is 4.99 Å². The number of thioether (sulfide) groups is 1. The summed E-state index contributed by atoms with van der Waals surface area (Å²) in [5.41, 5.74) is 4.87. The Labute approximate surface area is 155 Å². The van der Waals surface area contributed by atoms with Gasteiger partial charge < -0.3 is 10.6 Å². The molecule has 0 saturated carbocycles. The van der Waals surface area contributed by atoms with Crippen molar-refractivity contribution in [3.05, 3.63) is 46.8 Å². The zero-order valence-corrected chi connectivity index (χ0v) is 16.7. The second-order valence-corrected chi connectivity index (χ2v) is 7.02. The maximum Gasteiger partial charge on any atom is 0.191 e. The number of hydrogen-bond acceptors (Lipinski definition) is 3. The summed E-state index contributed by atoms with van der Waals surface area (Å²) >= 11 is 1.78. The maximum absolute atomic E-state index is 4.49. The van der Waals surface area contributed by atoms with Crippen molar-refractivity contribution in [1.29, 1.82) is 0 Å². The number of benzene rings is 1. The first kappa shape index (κ1) is 19.4. The average molecular weight is 360 g/mol. The Bertz CT molecular complexity index is 721. The topological polar surface area (TPSA) is 54.2 Å². The molecule has 0 fully saturated rings. The molecule has 1 aromatic heterocycles. The number of aliphatic imine (C=N–C) groups is 1. The Morgan fingerprint density at radius 1 is 1.20 bits per heavy atom. The molecule has 0 aliphatic carbocycles. The molecular weight excluding hydrogens is 330 g/mol. The summed E-state index contributed by atoms with van der Waals surface area (Å²) in [4.78, 5) is 5.62. The zero-order valence-electron chi connectivity index (χ0n) is 15.9. The Hall–Kier alpha value is -1.95. The van der Waals surface area contributed by atoms with Gasteiger partial charge in [-0.25, -0.2) is 0 Å². The van der Waals surface area contributed by atoms with Crippen LogP contribution in [0.15, 0.2) is 34.2 Å². The van der Waals surface area contributed by atoms with Gasteiger partial charge in [0.2, 0.25) is 0 Å². The molecule has 2 N–H and O–H groups in total. The fourth-order valence-corrected chi connectivity index (χ4v) is 3.44. The maximum atomic E-state index is 4.49. The molecule has 0 spiro atoms. The van der Waals surface area contributed by atoms with Crippen LogP contribution in [-0.2, 0) is 13.1 Å². The fourth-order valence-electron chi connectivity index (χ4n) is 2.73. The molecule has 136 valence electrons. The van der Waals surface area contributed by atoms with Crippen LogP contribution < -0.4 is 10.6 Å². The van der Waals surface area contributed by atoms with Gasteiger partial charge in [-0.05, 0) is 56.7 Å². The van der Waals surface area contributed by atoms with Crippen LogP contribution >= 0.6 is 11.8 Å². The van der Waals surface area contributed by atoms with E-state index in [0.29, 0.717) is 0 Å². The van der Waals surface area contributed by atoms with Crippen molar-refractivity contribution in [2.45, 2.75) is 45.2 Å². The van der Waals surface area contributed by atoms with Gasteiger partial charge in [-0.3, -0.25) is 9.67 Å². The lowest BCUT2D eigenvalue weighted by Gasteiger charge is -2.14. The van der Waals surface area contributed by atoms with Crippen LogP contribution in [0.4, 0.5) is 0 Å². The Morgan fingerprint density at radius 2 is 2.00 bits per heavy atom. The van der Waals surface area contributed by atoms with Gasteiger partial charge >= 0.3 is 0 Å². The lowest BCUT2D eigenvalue weighted by molar-refractivity contribution is 0.555. The van der Waals surface area contributed by atoms with Gasteiger partial charge in [0.1, 0.15) is 0 Å². The van der Waals surface area contributed by atoms with Crippen molar-refractivity contribution in [1.82, 2.24) is 20.4 Å². The summed E-state index contributed by atoms with van der Waals surface area (Å²) in [5.74, 6) is 0.834. The van der Waals surface area contributed by atoms with Crippen LogP contribution in [0.5, 0.6) is 0 Å². The van der Waals surface area contributed by atoms with Gasteiger partial charge in [0.15, 0.2) is 5.96 Å². The van der Waals surface area contributed by atoms with Crippen LogP contribution in [0.2, 0.25) is 0 Å². The minimum atomic E-state index is 0.771. The molecule has 0 radical (unpaired) electrons. The molecule has 25 heavy (non-hydrogen) atoms. The normalized spacial score (nSPS) is 11.6. The molecule has 0 unspecified atom stereocenters. The highest BCUT2D eigenvalue weighted by Crippen LogP contribution is 2.21. The van der Waals surface area contributed by atoms with Crippen molar-refractivity contribution < 1.29 is 0 Å². The summed E-state index contributed by atoms with van der Waals surface area (Å²) < 4.78 is 2.06. The summed E-state index contributed by atoms with van der Waals surface area (Å²) in [5, 5.41) is 11.3. The van der Waals surface area contributed by atoms with Crippen LogP contribution in [-0.4, -0.2) is 35.6 Å². The number of aromatic nitrogens is 2. The zero-order chi connectivity index (χ0) is 18.2. The van der Waals surface area contributed by atoms with E-state index in [-0.39, 0.29) is 0 Å². The lowest BCUT2D eigenvalue weighted by Crippen LogP contribution is -2.37. The SMILES string of the molecule is CN=C(NCCCn1nc(C)cc1C)NCc1ccc(C)cc1SC. The van der Waals surface area contributed by atoms with E-state index in [2.05, 4.69) is 69.8 Å². The van der Waals surface area contributed by atoms with E-state index in [1.807, 2.05) is 6.92 Å². The molecule has 1 heterocycles. The lowest BCUT2D eigenvalue weighted by atomic mass is 10.1. The third-order valence-electron chi connectivity index (χ3n) is 4.05. The number of rotatable bonds is 7. The number of guanidine groups is 1. The number of nitrogens with zero attached hydrogens (tertiary/aromatic N) is 3. The summed E-state index contributed by atoms with van der Waals surface area (Å²) in [6.45, 7) is 8.80. The molecular formula is C19H29N5S. The van der Waals surface area contributed by atoms with Crippen molar-refractivity contribution in [3.63, 3.8) is 0 Å². The van der Waals surface area contributed by atoms with Gasteiger partial charge in [0.25, 0.3) is 0 Å². The van der Waals surface area contributed by atoms with Crippen LogP contribution in [0.1, 0.15) is 28.9 Å². The molecule has 0 saturated heterocycles. The van der Waals surface area contributed by atoms with Gasteiger partial charge in [-0.15, -0.1) is 11.8 Å². The van der Waals surface area contributed by atoms with E-state index in [0.717, 1.165) is 37.7 Å². The standard InChI is InChI=1S/C19H29N5S/c1-14-7-8-17(18(11-14)25-5)13-22-19(20-4)21-9-6-10-24-16(3)12-15(2)23-24/h7-8,11-12H,6,9-10,13H2,1-5H3,(H2,20,21,22). The largest absolute Gasteiger partial charge is 0.356 e.